The number of fused-ring (bicyclic) bond motifs is 1. The van der Waals surface area contributed by atoms with Crippen LogP contribution >= 0.6 is 11.8 Å². The van der Waals surface area contributed by atoms with Crippen LogP contribution in [0.3, 0.4) is 0 Å². The fourth-order valence-corrected chi connectivity index (χ4v) is 5.22. The number of aryl methyl sites for hydroxylation is 2. The predicted molar refractivity (Wildman–Crippen MR) is 118 cm³/mol. The van der Waals surface area contributed by atoms with Crippen LogP contribution in [0.25, 0.3) is 0 Å². The molecule has 0 spiro atoms. The zero-order valence-electron chi connectivity index (χ0n) is 17.6. The SMILES string of the molecule is CSc1nnc(C2CCN(CC(=O)Nc3ccc4c(c3)CCC4)CC2)n1C(C)C. The number of nitrogens with one attached hydrogen (secondary N) is 1. The summed E-state index contributed by atoms with van der Waals surface area (Å²) in [6.45, 7) is 6.66. The van der Waals surface area contributed by atoms with E-state index < -0.39 is 0 Å². The first-order chi connectivity index (χ1) is 14.0. The third-order valence-corrected chi connectivity index (χ3v) is 6.74. The number of likely N-dealkylation sites (tertiary alicyclic amines) is 1. The summed E-state index contributed by atoms with van der Waals surface area (Å²) in [7, 11) is 0. The number of carbonyl (C=O) groups is 1. The number of anilines is 1. The van der Waals surface area contributed by atoms with E-state index in [4.69, 9.17) is 0 Å². The number of hydrogen-bond donors (Lipinski definition) is 1. The second-order valence-corrected chi connectivity index (χ2v) is 9.22. The van der Waals surface area contributed by atoms with Gasteiger partial charge in [-0.25, -0.2) is 0 Å². The van der Waals surface area contributed by atoms with Crippen molar-refractivity contribution in [1.82, 2.24) is 19.7 Å². The zero-order valence-corrected chi connectivity index (χ0v) is 18.5. The molecule has 1 aliphatic heterocycles. The van der Waals surface area contributed by atoms with Crippen molar-refractivity contribution in [2.24, 2.45) is 0 Å². The molecule has 156 valence electrons. The largest absolute Gasteiger partial charge is 0.325 e. The topological polar surface area (TPSA) is 63.1 Å². The van der Waals surface area contributed by atoms with Gasteiger partial charge in [-0.3, -0.25) is 9.69 Å². The van der Waals surface area contributed by atoms with Gasteiger partial charge >= 0.3 is 0 Å². The van der Waals surface area contributed by atoms with Crippen LogP contribution in [0.15, 0.2) is 23.4 Å². The number of nitrogens with zero attached hydrogens (tertiary/aromatic N) is 4. The first kappa shape index (κ1) is 20.4. The molecule has 0 saturated carbocycles. The van der Waals surface area contributed by atoms with Gasteiger partial charge in [-0.1, -0.05) is 17.8 Å². The average molecular weight is 414 g/mol. The highest BCUT2D eigenvalue weighted by Gasteiger charge is 2.27. The Morgan fingerprint density at radius 1 is 1.21 bits per heavy atom. The minimum atomic E-state index is 0.0800. The standard InChI is InChI=1S/C22H31N5OS/c1-15(2)27-21(24-25-22(27)29-3)17-9-11-26(12-10-17)14-20(28)23-19-8-7-16-5-4-6-18(16)13-19/h7-8,13,15,17H,4-6,9-12,14H2,1-3H3,(H,23,28). The van der Waals surface area contributed by atoms with E-state index in [2.05, 4.69) is 57.2 Å². The molecular formula is C22H31N5OS. The lowest BCUT2D eigenvalue weighted by Crippen LogP contribution is -2.39. The van der Waals surface area contributed by atoms with Gasteiger partial charge in [-0.2, -0.15) is 0 Å². The Labute approximate surface area is 177 Å². The van der Waals surface area contributed by atoms with Crippen LogP contribution in [0.1, 0.15) is 62.0 Å². The molecule has 0 unspecified atom stereocenters. The van der Waals surface area contributed by atoms with Gasteiger partial charge in [0.1, 0.15) is 5.82 Å². The molecular weight excluding hydrogens is 382 g/mol. The molecule has 2 aromatic rings. The fraction of sp³-hybridized carbons (Fsp3) is 0.591. The highest BCUT2D eigenvalue weighted by molar-refractivity contribution is 7.98. The highest BCUT2D eigenvalue weighted by atomic mass is 32.2. The van der Waals surface area contributed by atoms with Crippen molar-refractivity contribution in [2.75, 3.05) is 31.2 Å². The summed E-state index contributed by atoms with van der Waals surface area (Å²) in [6.07, 6.45) is 7.61. The minimum absolute atomic E-state index is 0.0800. The third-order valence-electron chi connectivity index (χ3n) is 6.09. The molecule has 0 bridgehead atoms. The first-order valence-electron chi connectivity index (χ1n) is 10.7. The van der Waals surface area contributed by atoms with E-state index in [1.54, 1.807) is 11.8 Å². The van der Waals surface area contributed by atoms with Gasteiger partial charge in [0.15, 0.2) is 5.16 Å². The minimum Gasteiger partial charge on any atom is -0.325 e. The summed E-state index contributed by atoms with van der Waals surface area (Å²) in [4.78, 5) is 14.8. The second kappa shape index (κ2) is 8.88. The highest BCUT2D eigenvalue weighted by Crippen LogP contribution is 2.31. The number of hydrogen-bond acceptors (Lipinski definition) is 5. The van der Waals surface area contributed by atoms with E-state index in [1.807, 2.05) is 6.07 Å². The van der Waals surface area contributed by atoms with E-state index in [1.165, 1.54) is 24.0 Å². The maximum atomic E-state index is 12.5. The van der Waals surface area contributed by atoms with Crippen LogP contribution in [0.2, 0.25) is 0 Å². The molecule has 1 saturated heterocycles. The van der Waals surface area contributed by atoms with Crippen LogP contribution in [0, 0.1) is 0 Å². The molecule has 1 aliphatic carbocycles. The molecule has 1 aromatic carbocycles. The van der Waals surface area contributed by atoms with Gasteiger partial charge < -0.3 is 9.88 Å². The third kappa shape index (κ3) is 4.51. The molecule has 6 nitrogen and oxygen atoms in total. The number of piperidine rings is 1. The normalized spacial score (nSPS) is 17.7. The summed E-state index contributed by atoms with van der Waals surface area (Å²) in [6, 6.07) is 6.71. The second-order valence-electron chi connectivity index (χ2n) is 8.44. The summed E-state index contributed by atoms with van der Waals surface area (Å²) in [5.74, 6) is 1.60. The van der Waals surface area contributed by atoms with Gasteiger partial charge in [0, 0.05) is 17.6 Å². The van der Waals surface area contributed by atoms with Crippen molar-refractivity contribution < 1.29 is 4.79 Å². The van der Waals surface area contributed by atoms with E-state index >= 15 is 0 Å². The first-order valence-corrected chi connectivity index (χ1v) is 11.9. The smallest absolute Gasteiger partial charge is 0.238 e. The van der Waals surface area contributed by atoms with E-state index in [9.17, 15) is 4.79 Å². The van der Waals surface area contributed by atoms with Crippen LogP contribution in [0.4, 0.5) is 5.69 Å². The van der Waals surface area contributed by atoms with E-state index in [0.29, 0.717) is 18.5 Å². The zero-order chi connectivity index (χ0) is 20.4. The van der Waals surface area contributed by atoms with Crippen molar-refractivity contribution in [2.45, 2.75) is 63.1 Å². The number of carbonyl (C=O) groups excluding carboxylic acids is 1. The Hall–Kier alpha value is -1.86. The van der Waals surface area contributed by atoms with Gasteiger partial charge in [0.25, 0.3) is 0 Å². The Balaban J connectivity index is 1.31. The van der Waals surface area contributed by atoms with Crippen LogP contribution < -0.4 is 5.32 Å². The Bertz CT molecular complexity index is 870. The molecule has 4 rings (SSSR count). The summed E-state index contributed by atoms with van der Waals surface area (Å²) >= 11 is 1.65. The average Bonchev–Trinajstić information content (AvgIpc) is 3.34. The van der Waals surface area contributed by atoms with Crippen LogP contribution in [-0.2, 0) is 17.6 Å². The summed E-state index contributed by atoms with van der Waals surface area (Å²) in [5, 5.41) is 12.9. The van der Waals surface area contributed by atoms with Crippen molar-refractivity contribution in [1.29, 1.82) is 0 Å². The Morgan fingerprint density at radius 2 is 1.97 bits per heavy atom. The van der Waals surface area contributed by atoms with Gasteiger partial charge in [0.2, 0.25) is 5.91 Å². The molecule has 2 aliphatic rings. The lowest BCUT2D eigenvalue weighted by Gasteiger charge is -2.31. The van der Waals surface area contributed by atoms with Crippen LogP contribution in [0.5, 0.6) is 0 Å². The van der Waals surface area contributed by atoms with Crippen molar-refractivity contribution in [3.8, 4) is 0 Å². The number of rotatable bonds is 6. The predicted octanol–water partition coefficient (Wildman–Crippen LogP) is 3.89. The quantitative estimate of drug-likeness (QED) is 0.728. The van der Waals surface area contributed by atoms with E-state index in [-0.39, 0.29) is 5.91 Å². The maximum Gasteiger partial charge on any atom is 0.238 e. The number of thioether (sulfide) groups is 1. The molecule has 1 aromatic heterocycles. The number of benzene rings is 1. The number of aromatic nitrogens is 3. The Kier molecular flexibility index (Phi) is 6.25. The van der Waals surface area contributed by atoms with Gasteiger partial charge in [-0.15, -0.1) is 10.2 Å². The van der Waals surface area contributed by atoms with Gasteiger partial charge in [-0.05, 0) is 88.6 Å². The molecule has 1 amide bonds. The molecule has 0 radical (unpaired) electrons. The van der Waals surface area contributed by atoms with Crippen molar-refractivity contribution >= 4 is 23.4 Å². The molecule has 1 N–H and O–H groups in total. The molecule has 1 fully saturated rings. The monoisotopic (exact) mass is 413 g/mol. The van der Waals surface area contributed by atoms with Gasteiger partial charge in [0.05, 0.1) is 6.54 Å². The maximum absolute atomic E-state index is 12.5. The van der Waals surface area contributed by atoms with Crippen LogP contribution in [-0.4, -0.2) is 51.5 Å². The molecule has 2 heterocycles. The van der Waals surface area contributed by atoms with Crippen molar-refractivity contribution in [3.63, 3.8) is 0 Å². The lowest BCUT2D eigenvalue weighted by molar-refractivity contribution is -0.117. The molecule has 0 atom stereocenters. The number of amides is 1. The van der Waals surface area contributed by atoms with E-state index in [0.717, 1.165) is 49.0 Å². The fourth-order valence-electron chi connectivity index (χ4n) is 4.59. The Morgan fingerprint density at radius 3 is 2.69 bits per heavy atom. The summed E-state index contributed by atoms with van der Waals surface area (Å²) < 4.78 is 2.27. The summed E-state index contributed by atoms with van der Waals surface area (Å²) in [5.41, 5.74) is 3.76. The molecule has 29 heavy (non-hydrogen) atoms. The molecule has 7 heteroatoms. The lowest BCUT2D eigenvalue weighted by atomic mass is 9.95. The van der Waals surface area contributed by atoms with Crippen molar-refractivity contribution in [3.05, 3.63) is 35.2 Å².